The SMILES string of the molecule is C=C1CCC(C(=O)OCC)CC1.CC(=O)[O][Hg][O]C(C)=O.CCOC(=O)C1CCC(=O)CC1.COC1(C)CCC(C(=O)CCl)CC1.COC1(C)CCC(C(=O)Cl)CC1.COC1(C)CCC(C(=O)O)CC1. The molecule has 0 atom stereocenters. The first-order valence-electron chi connectivity index (χ1n) is 24.8. The normalized spacial score (nSPS) is 26.4. The van der Waals surface area contributed by atoms with Gasteiger partial charge in [-0.05, 0) is 162 Å². The summed E-state index contributed by atoms with van der Waals surface area (Å²) >= 11 is 8.88. The van der Waals surface area contributed by atoms with E-state index in [-0.39, 0.29) is 93.0 Å². The molecule has 5 aliphatic rings. The Hall–Kier alpha value is -2.50. The van der Waals surface area contributed by atoms with Gasteiger partial charge in [0, 0.05) is 46.0 Å². The fraction of sp³-hybridized carbons (Fsp3) is 0.804. The van der Waals surface area contributed by atoms with E-state index in [2.05, 4.69) is 25.7 Å². The molecule has 0 aromatic carbocycles. The Morgan fingerprint density at radius 3 is 1.20 bits per heavy atom. The van der Waals surface area contributed by atoms with E-state index in [9.17, 15) is 38.4 Å². The third kappa shape index (κ3) is 29.3. The van der Waals surface area contributed by atoms with Gasteiger partial charge in [-0.2, -0.15) is 0 Å². The number of aliphatic carboxylic acids is 1. The van der Waals surface area contributed by atoms with Crippen LogP contribution in [0, 0.1) is 29.6 Å². The molecule has 0 radical (unpaired) electrons. The Balaban J connectivity index is 0.000000819. The number of methoxy groups -OCH3 is 3. The Morgan fingerprint density at radius 1 is 0.586 bits per heavy atom. The van der Waals surface area contributed by atoms with Crippen LogP contribution >= 0.6 is 23.2 Å². The van der Waals surface area contributed by atoms with E-state index < -0.39 is 31.5 Å². The Kier molecular flexibility index (Phi) is 35.1. The maximum atomic E-state index is 11.3. The molecule has 0 spiro atoms. The molecular weight excluding hydrogens is 1140 g/mol. The van der Waals surface area contributed by atoms with Crippen LogP contribution in [-0.2, 0) is 92.8 Å². The smallest absolute Gasteiger partial charge is 0.308 e. The number of allylic oxidation sites excluding steroid dienone is 1. The summed E-state index contributed by atoms with van der Waals surface area (Å²) in [5.74, 6) is -0.703. The number of Topliss-reactive ketones (excluding diaryl/α,β-unsaturated/α-hetero) is 2. The van der Waals surface area contributed by atoms with Gasteiger partial charge in [-0.25, -0.2) is 0 Å². The van der Waals surface area contributed by atoms with Crippen molar-refractivity contribution in [1.82, 2.24) is 0 Å². The van der Waals surface area contributed by atoms with Crippen LogP contribution in [0.1, 0.15) is 177 Å². The number of carboxylic acids is 1. The van der Waals surface area contributed by atoms with Gasteiger partial charge in [0.1, 0.15) is 5.78 Å². The van der Waals surface area contributed by atoms with E-state index >= 15 is 0 Å². The van der Waals surface area contributed by atoms with Gasteiger partial charge in [-0.1, -0.05) is 12.2 Å². The van der Waals surface area contributed by atoms with Crippen LogP contribution in [0.2, 0.25) is 0 Å². The third-order valence-corrected chi connectivity index (χ3v) is 18.5. The summed E-state index contributed by atoms with van der Waals surface area (Å²) in [5, 5.41) is 8.55. The minimum atomic E-state index is -2.04. The Labute approximate surface area is 441 Å². The fourth-order valence-corrected chi connectivity index (χ4v) is 10.3. The molecule has 19 heteroatoms. The Morgan fingerprint density at radius 2 is 0.914 bits per heavy atom. The van der Waals surface area contributed by atoms with E-state index in [4.69, 9.17) is 52.0 Å². The van der Waals surface area contributed by atoms with Crippen molar-refractivity contribution in [2.45, 2.75) is 194 Å². The molecule has 0 saturated heterocycles. The molecule has 5 saturated carbocycles. The molecule has 0 amide bonds. The van der Waals surface area contributed by atoms with E-state index in [0.717, 1.165) is 103 Å². The molecule has 1 N–H and O–H groups in total. The number of esters is 2. The van der Waals surface area contributed by atoms with Gasteiger partial charge >= 0.3 is 84.1 Å². The van der Waals surface area contributed by atoms with Crippen molar-refractivity contribution in [1.29, 1.82) is 0 Å². The molecule has 5 rings (SSSR count). The number of rotatable bonds is 13. The van der Waals surface area contributed by atoms with Gasteiger partial charge in [-0.15, -0.1) is 11.6 Å². The summed E-state index contributed by atoms with van der Waals surface area (Å²) in [6.45, 7) is 17.3. The van der Waals surface area contributed by atoms with Crippen LogP contribution in [0.4, 0.5) is 0 Å². The van der Waals surface area contributed by atoms with Crippen LogP contribution < -0.4 is 0 Å². The van der Waals surface area contributed by atoms with Crippen LogP contribution in [0.25, 0.3) is 0 Å². The van der Waals surface area contributed by atoms with Gasteiger partial charge in [-0.3, -0.25) is 28.8 Å². The molecule has 0 aromatic heterocycles. The average molecular weight is 1220 g/mol. The van der Waals surface area contributed by atoms with E-state index in [0.29, 0.717) is 38.9 Å². The second-order valence-corrected chi connectivity index (χ2v) is 23.1. The average Bonchev–Trinajstić information content (AvgIpc) is 3.33. The van der Waals surface area contributed by atoms with Crippen molar-refractivity contribution in [3.05, 3.63) is 12.2 Å². The van der Waals surface area contributed by atoms with Crippen molar-refractivity contribution < 1.29 is 97.9 Å². The molecule has 0 heterocycles. The van der Waals surface area contributed by atoms with Gasteiger partial charge in [0.2, 0.25) is 5.24 Å². The number of alkyl halides is 1. The van der Waals surface area contributed by atoms with Gasteiger partial charge in [0.25, 0.3) is 0 Å². The molecule has 5 fully saturated rings. The zero-order valence-corrected chi connectivity index (χ0v) is 50.9. The van der Waals surface area contributed by atoms with E-state index in [1.807, 2.05) is 13.8 Å². The number of hydrogen-bond acceptors (Lipinski definition) is 15. The molecule has 0 aromatic rings. The maximum Gasteiger partial charge on any atom is 0.308 e. The van der Waals surface area contributed by atoms with E-state index in [1.165, 1.54) is 19.4 Å². The number of carbonyl (C=O) groups excluding carboxylic acids is 7. The predicted molar refractivity (Wildman–Crippen MR) is 261 cm³/mol. The van der Waals surface area contributed by atoms with Crippen LogP contribution in [0.15, 0.2) is 12.2 Å². The van der Waals surface area contributed by atoms with Crippen LogP contribution in [-0.4, -0.2) is 109 Å². The summed E-state index contributed by atoms with van der Waals surface area (Å²) in [6.07, 6.45) is 16.9. The monoisotopic (exact) mass is 1220 g/mol. The number of carbonyl (C=O) groups is 8. The van der Waals surface area contributed by atoms with Crippen LogP contribution in [0.3, 0.4) is 0 Å². The second kappa shape index (κ2) is 36.4. The summed E-state index contributed by atoms with van der Waals surface area (Å²) < 4.78 is 34.9. The summed E-state index contributed by atoms with van der Waals surface area (Å²) in [6, 6.07) is 0. The molecular formula is C51H84Cl2HgO16. The molecule has 0 unspecified atom stereocenters. The molecule has 70 heavy (non-hydrogen) atoms. The summed E-state index contributed by atoms with van der Waals surface area (Å²) in [7, 11) is 5.16. The number of hydrogen-bond donors (Lipinski definition) is 1. The first-order chi connectivity index (χ1) is 32.9. The second-order valence-electron chi connectivity index (χ2n) is 19.3. The maximum absolute atomic E-state index is 11.3. The number of halogens is 2. The van der Waals surface area contributed by atoms with Gasteiger partial charge in [0.15, 0.2) is 5.78 Å². The van der Waals surface area contributed by atoms with E-state index in [1.54, 1.807) is 28.3 Å². The first-order valence-corrected chi connectivity index (χ1v) is 30.2. The van der Waals surface area contributed by atoms with Gasteiger partial charge < -0.3 is 28.8 Å². The summed E-state index contributed by atoms with van der Waals surface area (Å²) in [5.41, 5.74) is 1.16. The fourth-order valence-electron chi connectivity index (χ4n) is 8.36. The first kappa shape index (κ1) is 67.5. The standard InChI is InChI=1S/C10H17ClO2.C10H16O2.C9H15ClO2.C9H16O3.C9H14O3.2C2H4O2.Hg/c1-10(13-2)5-3-8(4-6-10)9(12)7-11;1-3-12-10(11)9-6-4-8(2)5-7-9;2*1-9(12-2)5-3-7(4-6-9)8(10)11;1-2-12-9(11)7-3-5-8(10)6-4-7;2*1-2(3)4;/h8H,3-7H2,1-2H3;9H,2-7H2,1H3;7H,3-6H2,1-2H3;7H,3-6H2,1-2H3,(H,10,11);7H,2-6H2,1H3;2*1H3,(H,3,4);/q;;;;;;;+2/p-2. The number of carboxylic acid groups (broad SMARTS) is 1. The largest absolute Gasteiger partial charge is 0.481 e. The molecule has 0 aliphatic heterocycles. The van der Waals surface area contributed by atoms with Crippen molar-refractivity contribution in [3.63, 3.8) is 0 Å². The van der Waals surface area contributed by atoms with Crippen molar-refractivity contribution in [2.24, 2.45) is 29.6 Å². The predicted octanol–water partition coefficient (Wildman–Crippen LogP) is 10.0. The molecule has 16 nitrogen and oxygen atoms in total. The summed E-state index contributed by atoms with van der Waals surface area (Å²) in [4.78, 5) is 86.1. The van der Waals surface area contributed by atoms with Crippen molar-refractivity contribution in [3.8, 4) is 0 Å². The van der Waals surface area contributed by atoms with Crippen molar-refractivity contribution in [2.75, 3.05) is 40.4 Å². The minimum Gasteiger partial charge on any atom is -0.481 e. The minimum absolute atomic E-state index is 0.0108. The number of ether oxygens (including phenoxy) is 5. The van der Waals surface area contributed by atoms with Crippen molar-refractivity contribution >= 4 is 69.9 Å². The molecule has 5 aliphatic carbocycles. The molecule has 400 valence electrons. The topological polar surface area (TPSA) is 221 Å². The zero-order chi connectivity index (χ0) is 53.5. The van der Waals surface area contributed by atoms with Crippen LogP contribution in [0.5, 0.6) is 0 Å². The third-order valence-electron chi connectivity index (χ3n) is 13.9. The number of ketones is 2. The molecule has 0 bridgehead atoms. The zero-order valence-electron chi connectivity index (χ0n) is 43.9. The Bertz CT molecular complexity index is 1520. The quantitative estimate of drug-likeness (QED) is 0.0596. The van der Waals surface area contributed by atoms with Gasteiger partial charge in [0.05, 0.1) is 53.7 Å².